The minimum absolute atomic E-state index is 0.0756. The van der Waals surface area contributed by atoms with Crippen LogP contribution in [0, 0.1) is 5.92 Å². The number of hydrogen-bond donors (Lipinski definition) is 2. The van der Waals surface area contributed by atoms with Gasteiger partial charge in [-0.2, -0.15) is 4.72 Å². The summed E-state index contributed by atoms with van der Waals surface area (Å²) in [5, 5.41) is 2.68. The number of furan rings is 1. The molecule has 1 atom stereocenters. The second kappa shape index (κ2) is 8.26. The molecule has 1 aromatic carbocycles. The number of oxazole rings is 1. The first-order valence-corrected chi connectivity index (χ1v) is 10.6. The molecule has 3 rings (SSSR count). The Hall–Kier alpha value is -2.85. The van der Waals surface area contributed by atoms with E-state index < -0.39 is 27.7 Å². The molecule has 0 spiro atoms. The second-order valence-electron chi connectivity index (χ2n) is 7.16. The Kier molecular flexibility index (Phi) is 5.94. The third-order valence-electron chi connectivity index (χ3n) is 4.41. The molecule has 0 aliphatic carbocycles. The van der Waals surface area contributed by atoms with Gasteiger partial charge in [-0.05, 0) is 36.6 Å². The molecule has 0 bridgehead atoms. The standard InChI is InChI=1S/C19H23N3O6S/c1-12(2)9-15(18(23)20-11-13-5-4-8-27-13)21-29(25,26)14-6-7-16-17(10-14)28-19(24)22(16)3/h4-8,10,12,15,21H,9,11H2,1-3H3,(H,20,23)/t15-/m1/s1. The maximum absolute atomic E-state index is 12.9. The molecule has 0 fully saturated rings. The van der Waals surface area contributed by atoms with Crippen LogP contribution >= 0.6 is 0 Å². The maximum atomic E-state index is 12.9. The lowest BCUT2D eigenvalue weighted by Gasteiger charge is -2.20. The van der Waals surface area contributed by atoms with E-state index in [-0.39, 0.29) is 22.9 Å². The van der Waals surface area contributed by atoms with Gasteiger partial charge >= 0.3 is 5.76 Å². The lowest BCUT2D eigenvalue weighted by Crippen LogP contribution is -2.47. The summed E-state index contributed by atoms with van der Waals surface area (Å²) in [4.78, 5) is 24.1. The molecule has 29 heavy (non-hydrogen) atoms. The maximum Gasteiger partial charge on any atom is 0.419 e. The SMILES string of the molecule is CC(C)C[C@@H](NS(=O)(=O)c1ccc2c(c1)oc(=O)n2C)C(=O)NCc1ccco1. The van der Waals surface area contributed by atoms with Gasteiger partial charge in [0.15, 0.2) is 5.58 Å². The van der Waals surface area contributed by atoms with Crippen molar-refractivity contribution in [2.24, 2.45) is 13.0 Å². The first-order valence-electron chi connectivity index (χ1n) is 9.09. The average Bonchev–Trinajstić information content (AvgIpc) is 3.27. The van der Waals surface area contributed by atoms with Crippen LogP contribution in [0.15, 0.2) is 55.1 Å². The molecule has 156 valence electrons. The Morgan fingerprint density at radius 1 is 1.24 bits per heavy atom. The molecule has 0 unspecified atom stereocenters. The minimum atomic E-state index is -4.02. The van der Waals surface area contributed by atoms with Crippen LogP contribution in [-0.4, -0.2) is 24.9 Å². The van der Waals surface area contributed by atoms with E-state index in [1.807, 2.05) is 13.8 Å². The summed E-state index contributed by atoms with van der Waals surface area (Å²) >= 11 is 0. The zero-order chi connectivity index (χ0) is 21.2. The van der Waals surface area contributed by atoms with E-state index in [1.165, 1.54) is 36.1 Å². The lowest BCUT2D eigenvalue weighted by molar-refractivity contribution is -0.123. The first kappa shape index (κ1) is 20.9. The molecule has 9 nitrogen and oxygen atoms in total. The van der Waals surface area contributed by atoms with Crippen molar-refractivity contribution in [2.45, 2.75) is 37.8 Å². The lowest BCUT2D eigenvalue weighted by atomic mass is 10.0. The van der Waals surface area contributed by atoms with E-state index in [2.05, 4.69) is 10.0 Å². The summed E-state index contributed by atoms with van der Waals surface area (Å²) in [6.45, 7) is 3.95. The van der Waals surface area contributed by atoms with E-state index in [4.69, 9.17) is 8.83 Å². The van der Waals surface area contributed by atoms with Crippen LogP contribution in [0.2, 0.25) is 0 Å². The Morgan fingerprint density at radius 3 is 2.66 bits per heavy atom. The number of aryl methyl sites for hydroxylation is 1. The summed E-state index contributed by atoms with van der Waals surface area (Å²) in [5.74, 6) is -0.399. The number of rotatable bonds is 8. The van der Waals surface area contributed by atoms with Crippen LogP contribution < -0.4 is 15.8 Å². The normalized spacial score (nSPS) is 13.1. The van der Waals surface area contributed by atoms with Crippen LogP contribution in [0.5, 0.6) is 0 Å². The first-order chi connectivity index (χ1) is 13.7. The Labute approximate surface area is 167 Å². The van der Waals surface area contributed by atoms with Crippen molar-refractivity contribution in [3.8, 4) is 0 Å². The summed E-state index contributed by atoms with van der Waals surface area (Å²) in [7, 11) is -2.49. The molecule has 0 aliphatic heterocycles. The molecule has 0 radical (unpaired) electrons. The summed E-state index contributed by atoms with van der Waals surface area (Å²) in [6.07, 6.45) is 1.81. The molecule has 0 saturated carbocycles. The van der Waals surface area contributed by atoms with Gasteiger partial charge in [-0.25, -0.2) is 13.2 Å². The molecule has 2 heterocycles. The highest BCUT2D eigenvalue weighted by molar-refractivity contribution is 7.89. The summed E-state index contributed by atoms with van der Waals surface area (Å²) in [6, 6.07) is 6.58. The Bertz CT molecular complexity index is 1160. The molecule has 2 aromatic heterocycles. The van der Waals surface area contributed by atoms with Gasteiger partial charge in [0, 0.05) is 13.1 Å². The van der Waals surface area contributed by atoms with Crippen molar-refractivity contribution >= 4 is 27.0 Å². The highest BCUT2D eigenvalue weighted by atomic mass is 32.2. The zero-order valence-corrected chi connectivity index (χ0v) is 17.2. The van der Waals surface area contributed by atoms with Crippen molar-refractivity contribution in [3.05, 3.63) is 52.9 Å². The van der Waals surface area contributed by atoms with Gasteiger partial charge in [-0.15, -0.1) is 0 Å². The van der Waals surface area contributed by atoms with Gasteiger partial charge in [-0.1, -0.05) is 13.8 Å². The second-order valence-corrected chi connectivity index (χ2v) is 8.87. The van der Waals surface area contributed by atoms with E-state index in [0.717, 1.165) is 0 Å². The third kappa shape index (κ3) is 4.77. The van der Waals surface area contributed by atoms with Crippen LogP contribution in [-0.2, 0) is 28.4 Å². The number of benzene rings is 1. The fourth-order valence-electron chi connectivity index (χ4n) is 2.93. The van der Waals surface area contributed by atoms with E-state index in [9.17, 15) is 18.0 Å². The van der Waals surface area contributed by atoms with Gasteiger partial charge in [0.2, 0.25) is 15.9 Å². The summed E-state index contributed by atoms with van der Waals surface area (Å²) < 4.78 is 39.7. The number of sulfonamides is 1. The topological polar surface area (TPSA) is 124 Å². The third-order valence-corrected chi connectivity index (χ3v) is 5.88. The molecular formula is C19H23N3O6S. The Morgan fingerprint density at radius 2 is 2.00 bits per heavy atom. The average molecular weight is 421 g/mol. The number of aromatic nitrogens is 1. The number of carbonyl (C=O) groups excluding carboxylic acids is 1. The number of hydrogen-bond acceptors (Lipinski definition) is 6. The van der Waals surface area contributed by atoms with Gasteiger partial charge in [-0.3, -0.25) is 9.36 Å². The van der Waals surface area contributed by atoms with Gasteiger partial charge in [0.25, 0.3) is 0 Å². The predicted molar refractivity (Wildman–Crippen MR) is 106 cm³/mol. The highest BCUT2D eigenvalue weighted by Gasteiger charge is 2.27. The van der Waals surface area contributed by atoms with Gasteiger partial charge in [0.1, 0.15) is 11.8 Å². The monoisotopic (exact) mass is 421 g/mol. The molecule has 2 N–H and O–H groups in total. The van der Waals surface area contributed by atoms with Crippen LogP contribution in [0.4, 0.5) is 0 Å². The molecule has 10 heteroatoms. The van der Waals surface area contributed by atoms with E-state index in [1.54, 1.807) is 12.1 Å². The number of fused-ring (bicyclic) bond motifs is 1. The fourth-order valence-corrected chi connectivity index (χ4v) is 4.15. The molecule has 3 aromatic rings. The van der Waals surface area contributed by atoms with E-state index >= 15 is 0 Å². The smallest absolute Gasteiger partial charge is 0.419 e. The summed E-state index contributed by atoms with van der Waals surface area (Å²) in [5.41, 5.74) is 0.631. The molecule has 0 aliphatic rings. The molecular weight excluding hydrogens is 398 g/mol. The van der Waals surface area contributed by atoms with Crippen molar-refractivity contribution in [2.75, 3.05) is 0 Å². The quantitative estimate of drug-likeness (QED) is 0.571. The number of carbonyl (C=O) groups is 1. The number of nitrogens with one attached hydrogen (secondary N) is 2. The van der Waals surface area contributed by atoms with Crippen molar-refractivity contribution in [3.63, 3.8) is 0 Å². The predicted octanol–water partition coefficient (Wildman–Crippen LogP) is 1.73. The number of amides is 1. The fraction of sp³-hybridized carbons (Fsp3) is 0.368. The van der Waals surface area contributed by atoms with Crippen LogP contribution in [0.25, 0.3) is 11.1 Å². The van der Waals surface area contributed by atoms with E-state index in [0.29, 0.717) is 17.7 Å². The van der Waals surface area contributed by atoms with Gasteiger partial charge in [0.05, 0.1) is 23.2 Å². The van der Waals surface area contributed by atoms with Crippen molar-refractivity contribution < 1.29 is 22.0 Å². The van der Waals surface area contributed by atoms with Crippen molar-refractivity contribution in [1.82, 2.24) is 14.6 Å². The number of nitrogens with zero attached hydrogens (tertiary/aromatic N) is 1. The minimum Gasteiger partial charge on any atom is -0.467 e. The molecule has 1 amide bonds. The largest absolute Gasteiger partial charge is 0.467 e. The van der Waals surface area contributed by atoms with Crippen molar-refractivity contribution in [1.29, 1.82) is 0 Å². The van der Waals surface area contributed by atoms with Crippen LogP contribution in [0.3, 0.4) is 0 Å². The Balaban J connectivity index is 1.81. The van der Waals surface area contributed by atoms with Gasteiger partial charge < -0.3 is 14.2 Å². The highest BCUT2D eigenvalue weighted by Crippen LogP contribution is 2.19. The zero-order valence-electron chi connectivity index (χ0n) is 16.3. The van der Waals surface area contributed by atoms with Crippen LogP contribution in [0.1, 0.15) is 26.0 Å². The molecule has 0 saturated heterocycles.